The van der Waals surface area contributed by atoms with Crippen molar-refractivity contribution < 1.29 is 0 Å². The van der Waals surface area contributed by atoms with E-state index in [4.69, 9.17) is 0 Å². The lowest BCUT2D eigenvalue weighted by Crippen LogP contribution is -2.49. The molecule has 1 aliphatic carbocycles. The number of aromatic nitrogens is 3. The van der Waals surface area contributed by atoms with Gasteiger partial charge in [0.1, 0.15) is 5.82 Å². The van der Waals surface area contributed by atoms with Crippen molar-refractivity contribution in [1.82, 2.24) is 25.0 Å². The van der Waals surface area contributed by atoms with Gasteiger partial charge in [-0.2, -0.15) is 5.10 Å². The number of aliphatic imine (C=N–C) groups is 1. The van der Waals surface area contributed by atoms with Crippen molar-refractivity contribution in [1.29, 1.82) is 0 Å². The smallest absolute Gasteiger partial charge is 0.345 e. The van der Waals surface area contributed by atoms with E-state index in [0.717, 1.165) is 57.1 Å². The third-order valence-corrected chi connectivity index (χ3v) is 6.39. The lowest BCUT2D eigenvalue weighted by Gasteiger charge is -2.43. The van der Waals surface area contributed by atoms with Crippen LogP contribution < -0.4 is 16.3 Å². The molecule has 156 valence electrons. The Kier molecular flexibility index (Phi) is 6.02. The molecule has 2 aliphatic rings. The van der Waals surface area contributed by atoms with Crippen molar-refractivity contribution in [2.24, 2.45) is 4.99 Å². The van der Waals surface area contributed by atoms with Crippen molar-refractivity contribution in [3.63, 3.8) is 0 Å². The summed E-state index contributed by atoms with van der Waals surface area (Å²) in [6.07, 6.45) is 7.67. The number of hydrogen-bond acceptors (Lipinski definition) is 3. The fourth-order valence-electron chi connectivity index (χ4n) is 4.47. The molecule has 7 heteroatoms. The average Bonchev–Trinajstić information content (AvgIpc) is 3.05. The van der Waals surface area contributed by atoms with Crippen LogP contribution in [-0.4, -0.2) is 40.4 Å². The molecule has 1 aliphatic heterocycles. The Morgan fingerprint density at radius 2 is 2.00 bits per heavy atom. The molecule has 2 heterocycles. The molecule has 1 saturated carbocycles. The average molecular weight is 397 g/mol. The van der Waals surface area contributed by atoms with E-state index in [1.807, 2.05) is 4.57 Å². The molecule has 0 radical (unpaired) electrons. The highest BCUT2D eigenvalue weighted by Gasteiger charge is 2.38. The molecule has 7 nitrogen and oxygen atoms in total. The van der Waals surface area contributed by atoms with Gasteiger partial charge >= 0.3 is 5.69 Å². The molecular formula is C22H32N6O. The Bertz CT molecular complexity index is 894. The van der Waals surface area contributed by atoms with Gasteiger partial charge in [-0.05, 0) is 37.7 Å². The Morgan fingerprint density at radius 1 is 1.17 bits per heavy atom. The number of rotatable bonds is 7. The zero-order valence-electron chi connectivity index (χ0n) is 17.4. The van der Waals surface area contributed by atoms with E-state index in [0.29, 0.717) is 6.54 Å². The highest BCUT2D eigenvalue weighted by molar-refractivity contribution is 5.79. The Balaban J connectivity index is 1.25. The summed E-state index contributed by atoms with van der Waals surface area (Å²) in [7, 11) is 1.80. The number of nitrogens with one attached hydrogen (secondary N) is 2. The van der Waals surface area contributed by atoms with Crippen LogP contribution >= 0.6 is 0 Å². The summed E-state index contributed by atoms with van der Waals surface area (Å²) in [5.41, 5.74) is 1.68. The Labute approximate surface area is 172 Å². The highest BCUT2D eigenvalue weighted by atomic mass is 16.2. The number of nitrogens with zero attached hydrogens (tertiary/aromatic N) is 4. The van der Waals surface area contributed by atoms with E-state index in [1.165, 1.54) is 24.8 Å². The number of guanidine groups is 1. The van der Waals surface area contributed by atoms with Crippen LogP contribution in [0.25, 0.3) is 0 Å². The van der Waals surface area contributed by atoms with Gasteiger partial charge in [0.15, 0.2) is 5.96 Å². The largest absolute Gasteiger partial charge is 0.356 e. The first-order valence-electron chi connectivity index (χ1n) is 10.9. The summed E-state index contributed by atoms with van der Waals surface area (Å²) in [4.78, 5) is 16.8. The summed E-state index contributed by atoms with van der Waals surface area (Å²) in [6, 6.07) is 10.8. The lowest BCUT2D eigenvalue weighted by atomic mass is 9.64. The van der Waals surface area contributed by atoms with Gasteiger partial charge in [-0.1, -0.05) is 36.8 Å². The molecule has 0 amide bonds. The molecule has 0 atom stereocenters. The standard InChI is InChI=1S/C22H32N6O/c1-23-20(25-17-22(12-7-13-22)18-9-3-2-4-10-18)24-14-8-16-28-21(29)27-15-6-5-11-19(27)26-28/h2-4,9-10H,5-8,11-17H2,1H3,(H2,23,24,25). The van der Waals surface area contributed by atoms with Crippen LogP contribution in [0.2, 0.25) is 0 Å². The van der Waals surface area contributed by atoms with Gasteiger partial charge in [0.25, 0.3) is 0 Å². The monoisotopic (exact) mass is 396 g/mol. The second-order valence-corrected chi connectivity index (χ2v) is 8.24. The molecule has 0 bridgehead atoms. The van der Waals surface area contributed by atoms with Gasteiger partial charge in [-0.25, -0.2) is 9.48 Å². The Morgan fingerprint density at radius 3 is 2.69 bits per heavy atom. The third-order valence-electron chi connectivity index (χ3n) is 6.39. The van der Waals surface area contributed by atoms with Crippen LogP contribution in [0.5, 0.6) is 0 Å². The first kappa shape index (κ1) is 19.7. The molecule has 0 spiro atoms. The van der Waals surface area contributed by atoms with Crippen LogP contribution in [0.1, 0.15) is 49.9 Å². The molecule has 0 saturated heterocycles. The van der Waals surface area contributed by atoms with E-state index >= 15 is 0 Å². The molecule has 1 aromatic carbocycles. The van der Waals surface area contributed by atoms with Crippen molar-refractivity contribution in [2.75, 3.05) is 20.1 Å². The molecule has 1 aromatic heterocycles. The van der Waals surface area contributed by atoms with E-state index in [9.17, 15) is 4.79 Å². The predicted molar refractivity (Wildman–Crippen MR) is 115 cm³/mol. The minimum atomic E-state index is 0.0389. The fourth-order valence-corrected chi connectivity index (χ4v) is 4.47. The fraction of sp³-hybridized carbons (Fsp3) is 0.591. The summed E-state index contributed by atoms with van der Waals surface area (Å²) in [5.74, 6) is 1.77. The number of fused-ring (bicyclic) bond motifs is 1. The van der Waals surface area contributed by atoms with Gasteiger partial charge in [-0.3, -0.25) is 9.56 Å². The maximum absolute atomic E-state index is 12.4. The van der Waals surface area contributed by atoms with Gasteiger partial charge < -0.3 is 10.6 Å². The summed E-state index contributed by atoms with van der Waals surface area (Å²) in [5, 5.41) is 11.4. The van der Waals surface area contributed by atoms with Crippen LogP contribution in [-0.2, 0) is 24.9 Å². The van der Waals surface area contributed by atoms with Gasteiger partial charge in [0.05, 0.1) is 0 Å². The van der Waals surface area contributed by atoms with E-state index < -0.39 is 0 Å². The van der Waals surface area contributed by atoms with E-state index in [1.54, 1.807) is 11.7 Å². The topological polar surface area (TPSA) is 76.2 Å². The van der Waals surface area contributed by atoms with Gasteiger partial charge in [-0.15, -0.1) is 0 Å². The molecule has 29 heavy (non-hydrogen) atoms. The normalized spacial score (nSPS) is 18.0. The van der Waals surface area contributed by atoms with Crippen molar-refractivity contribution in [2.45, 2.75) is 63.5 Å². The molecule has 2 aromatic rings. The number of benzene rings is 1. The second kappa shape index (κ2) is 8.84. The summed E-state index contributed by atoms with van der Waals surface area (Å²) >= 11 is 0. The number of aryl methyl sites for hydroxylation is 2. The van der Waals surface area contributed by atoms with Crippen LogP contribution in [0.15, 0.2) is 40.1 Å². The zero-order chi connectivity index (χ0) is 20.1. The van der Waals surface area contributed by atoms with Crippen molar-refractivity contribution >= 4 is 5.96 Å². The molecule has 1 fully saturated rings. The number of hydrogen-bond donors (Lipinski definition) is 2. The summed E-state index contributed by atoms with van der Waals surface area (Å²) in [6.45, 7) is 3.10. The third kappa shape index (κ3) is 4.23. The van der Waals surface area contributed by atoms with E-state index in [2.05, 4.69) is 51.1 Å². The predicted octanol–water partition coefficient (Wildman–Crippen LogP) is 2.06. The maximum atomic E-state index is 12.4. The highest BCUT2D eigenvalue weighted by Crippen LogP contribution is 2.43. The molecular weight excluding hydrogens is 364 g/mol. The molecule has 0 unspecified atom stereocenters. The SMILES string of the molecule is CN=C(NCCCn1nc2n(c1=O)CCCC2)NCC1(c2ccccc2)CCC1. The van der Waals surface area contributed by atoms with Crippen molar-refractivity contribution in [3.8, 4) is 0 Å². The summed E-state index contributed by atoms with van der Waals surface area (Å²) < 4.78 is 3.45. The van der Waals surface area contributed by atoms with E-state index in [-0.39, 0.29) is 11.1 Å². The van der Waals surface area contributed by atoms with Gasteiger partial charge in [0, 0.05) is 45.1 Å². The molecule has 2 N–H and O–H groups in total. The zero-order valence-corrected chi connectivity index (χ0v) is 17.4. The van der Waals surface area contributed by atoms with Crippen LogP contribution in [0.4, 0.5) is 0 Å². The van der Waals surface area contributed by atoms with Crippen molar-refractivity contribution in [3.05, 3.63) is 52.2 Å². The van der Waals surface area contributed by atoms with Crippen LogP contribution in [0.3, 0.4) is 0 Å². The maximum Gasteiger partial charge on any atom is 0.345 e. The first-order valence-corrected chi connectivity index (χ1v) is 10.9. The second-order valence-electron chi connectivity index (χ2n) is 8.24. The first-order chi connectivity index (χ1) is 14.2. The minimum absolute atomic E-state index is 0.0389. The quantitative estimate of drug-likeness (QED) is 0.427. The minimum Gasteiger partial charge on any atom is -0.356 e. The molecule has 4 rings (SSSR count). The van der Waals surface area contributed by atoms with Crippen LogP contribution in [0, 0.1) is 0 Å². The Hall–Kier alpha value is -2.57. The van der Waals surface area contributed by atoms with Gasteiger partial charge in [0.2, 0.25) is 0 Å². The lowest BCUT2D eigenvalue weighted by molar-refractivity contribution is 0.244.